The van der Waals surface area contributed by atoms with Gasteiger partial charge in [0.15, 0.2) is 11.5 Å². The van der Waals surface area contributed by atoms with E-state index in [1.165, 1.54) is 19.2 Å². The third-order valence-electron chi connectivity index (χ3n) is 5.91. The monoisotopic (exact) mass is 473 g/mol. The van der Waals surface area contributed by atoms with Crippen LogP contribution in [0.3, 0.4) is 0 Å². The molecule has 4 aromatic heterocycles. The van der Waals surface area contributed by atoms with Crippen molar-refractivity contribution in [1.29, 1.82) is 0 Å². The van der Waals surface area contributed by atoms with E-state index in [0.717, 1.165) is 30.7 Å². The molecule has 0 aliphatic carbocycles. The largest absolute Gasteiger partial charge is 0.351 e. The molecule has 0 aromatic carbocycles. The van der Waals surface area contributed by atoms with E-state index < -0.39 is 0 Å². The molecular formula is C23H27N11O. The van der Waals surface area contributed by atoms with Crippen LogP contribution in [0.1, 0.15) is 28.9 Å². The highest BCUT2D eigenvalue weighted by Crippen LogP contribution is 2.26. The van der Waals surface area contributed by atoms with Crippen molar-refractivity contribution in [3.8, 4) is 0 Å². The Morgan fingerprint density at radius 3 is 2.66 bits per heavy atom. The molecule has 35 heavy (non-hydrogen) atoms. The highest BCUT2D eigenvalue weighted by molar-refractivity contribution is 5.96. The van der Waals surface area contributed by atoms with E-state index >= 15 is 0 Å². The number of amides is 1. The van der Waals surface area contributed by atoms with Crippen LogP contribution >= 0.6 is 0 Å². The molecule has 12 nitrogen and oxygen atoms in total. The molecule has 1 fully saturated rings. The molecule has 1 saturated heterocycles. The third-order valence-corrected chi connectivity index (χ3v) is 5.91. The average Bonchev–Trinajstić information content (AvgIpc) is 3.49. The minimum Gasteiger partial charge on any atom is -0.351 e. The van der Waals surface area contributed by atoms with Crippen molar-refractivity contribution in [2.45, 2.75) is 19.8 Å². The number of nitrogens with zero attached hydrogens (tertiary/aromatic N) is 8. The Hall–Kier alpha value is -4.19. The Bertz CT molecular complexity index is 1330. The lowest BCUT2D eigenvalue weighted by Crippen LogP contribution is -2.33. The fourth-order valence-electron chi connectivity index (χ4n) is 4.03. The lowest BCUT2D eigenvalue weighted by molar-refractivity contribution is 0.0949. The molecular weight excluding hydrogens is 446 g/mol. The first-order valence-corrected chi connectivity index (χ1v) is 11.5. The summed E-state index contributed by atoms with van der Waals surface area (Å²) in [5, 5.41) is 14.7. The molecule has 0 spiro atoms. The van der Waals surface area contributed by atoms with Gasteiger partial charge < -0.3 is 20.9 Å². The smallest absolute Gasteiger partial charge is 0.252 e. The number of carbonyl (C=O) groups is 1. The van der Waals surface area contributed by atoms with Crippen molar-refractivity contribution in [3.05, 3.63) is 48.4 Å². The van der Waals surface area contributed by atoms with Gasteiger partial charge in [-0.15, -0.1) is 0 Å². The van der Waals surface area contributed by atoms with Crippen molar-refractivity contribution in [1.82, 2.24) is 44.9 Å². The zero-order valence-electron chi connectivity index (χ0n) is 19.7. The number of likely N-dealkylation sites (tertiary alicyclic amines) is 1. The normalized spacial score (nSPS) is 13.8. The van der Waals surface area contributed by atoms with E-state index in [4.69, 9.17) is 0 Å². The summed E-state index contributed by atoms with van der Waals surface area (Å²) in [6, 6.07) is 1.79. The molecule has 1 aliphatic rings. The quantitative estimate of drug-likeness (QED) is 0.349. The van der Waals surface area contributed by atoms with Gasteiger partial charge in [-0.1, -0.05) is 0 Å². The predicted octanol–water partition coefficient (Wildman–Crippen LogP) is 2.17. The van der Waals surface area contributed by atoms with Gasteiger partial charge in [0.25, 0.3) is 5.91 Å². The lowest BCUT2D eigenvalue weighted by atomic mass is 10.2. The highest BCUT2D eigenvalue weighted by Gasteiger charge is 2.16. The number of aryl methyl sites for hydroxylation is 2. The maximum Gasteiger partial charge on any atom is 0.252 e. The number of aromatic nitrogens is 7. The summed E-state index contributed by atoms with van der Waals surface area (Å²) in [6.07, 6.45) is 10.5. The molecule has 1 aliphatic heterocycles. The van der Waals surface area contributed by atoms with Crippen LogP contribution in [0.4, 0.5) is 23.1 Å². The third kappa shape index (κ3) is 5.17. The number of anilines is 4. The second kappa shape index (κ2) is 9.97. The topological polar surface area (TPSA) is 139 Å². The molecule has 0 radical (unpaired) electrons. The Morgan fingerprint density at radius 2 is 1.86 bits per heavy atom. The summed E-state index contributed by atoms with van der Waals surface area (Å²) < 4.78 is 1.67. The van der Waals surface area contributed by atoms with Gasteiger partial charge in [0, 0.05) is 32.5 Å². The van der Waals surface area contributed by atoms with E-state index in [2.05, 4.69) is 50.9 Å². The van der Waals surface area contributed by atoms with E-state index in [0.29, 0.717) is 40.9 Å². The Balaban J connectivity index is 1.31. The zero-order chi connectivity index (χ0) is 24.2. The van der Waals surface area contributed by atoms with Crippen molar-refractivity contribution in [2.75, 3.05) is 36.8 Å². The van der Waals surface area contributed by atoms with Gasteiger partial charge in [-0.2, -0.15) is 10.1 Å². The molecule has 5 heterocycles. The average molecular weight is 474 g/mol. The van der Waals surface area contributed by atoms with Crippen LogP contribution in [0, 0.1) is 6.92 Å². The van der Waals surface area contributed by atoms with Crippen LogP contribution < -0.4 is 16.0 Å². The molecule has 0 saturated carbocycles. The van der Waals surface area contributed by atoms with Gasteiger partial charge in [-0.05, 0) is 38.9 Å². The van der Waals surface area contributed by atoms with Crippen LogP contribution in [0.25, 0.3) is 11.0 Å². The minimum atomic E-state index is -0.144. The van der Waals surface area contributed by atoms with Crippen molar-refractivity contribution in [2.24, 2.45) is 7.05 Å². The molecule has 1 amide bonds. The summed E-state index contributed by atoms with van der Waals surface area (Å²) >= 11 is 0. The van der Waals surface area contributed by atoms with E-state index in [1.54, 1.807) is 35.5 Å². The molecule has 180 valence electrons. The fourth-order valence-corrected chi connectivity index (χ4v) is 4.03. The van der Waals surface area contributed by atoms with Crippen LogP contribution in [-0.4, -0.2) is 71.7 Å². The molecule has 3 N–H and O–H groups in total. The summed E-state index contributed by atoms with van der Waals surface area (Å²) in [6.45, 7) is 5.57. The van der Waals surface area contributed by atoms with E-state index in [1.807, 2.05) is 14.0 Å². The highest BCUT2D eigenvalue weighted by atomic mass is 16.1. The summed E-state index contributed by atoms with van der Waals surface area (Å²) in [5.74, 6) is 0.843. The number of rotatable bonds is 8. The summed E-state index contributed by atoms with van der Waals surface area (Å²) in [7, 11) is 1.81. The first-order chi connectivity index (χ1) is 17.1. The molecule has 0 atom stereocenters. The number of pyridine rings is 1. The van der Waals surface area contributed by atoms with Gasteiger partial charge in [0.05, 0.1) is 40.4 Å². The molecule has 5 rings (SSSR count). The first-order valence-electron chi connectivity index (χ1n) is 11.5. The molecule has 4 aromatic rings. The van der Waals surface area contributed by atoms with Gasteiger partial charge in [0.1, 0.15) is 6.33 Å². The lowest BCUT2D eigenvalue weighted by Gasteiger charge is -2.15. The second-order valence-corrected chi connectivity index (χ2v) is 8.44. The van der Waals surface area contributed by atoms with Gasteiger partial charge in [-0.25, -0.2) is 19.6 Å². The van der Waals surface area contributed by atoms with Crippen LogP contribution in [0.15, 0.2) is 37.2 Å². The van der Waals surface area contributed by atoms with Gasteiger partial charge in [0.2, 0.25) is 5.95 Å². The number of nitrogens with one attached hydrogen (secondary N) is 3. The Labute approximate surface area is 202 Å². The summed E-state index contributed by atoms with van der Waals surface area (Å²) in [5.41, 5.74) is 3.27. The van der Waals surface area contributed by atoms with Crippen LogP contribution in [0.2, 0.25) is 0 Å². The Kier molecular flexibility index (Phi) is 6.44. The number of fused-ring (bicyclic) bond motifs is 1. The zero-order valence-corrected chi connectivity index (χ0v) is 19.7. The molecule has 0 bridgehead atoms. The summed E-state index contributed by atoms with van der Waals surface area (Å²) in [4.78, 5) is 36.4. The molecule has 0 unspecified atom stereocenters. The van der Waals surface area contributed by atoms with E-state index in [9.17, 15) is 4.79 Å². The van der Waals surface area contributed by atoms with Crippen molar-refractivity contribution >= 4 is 40.1 Å². The Morgan fingerprint density at radius 1 is 1.06 bits per heavy atom. The van der Waals surface area contributed by atoms with E-state index in [-0.39, 0.29) is 5.91 Å². The maximum atomic E-state index is 12.7. The number of hydrogen-bond donors (Lipinski definition) is 3. The van der Waals surface area contributed by atoms with Crippen LogP contribution in [-0.2, 0) is 7.05 Å². The standard InChI is InChI=1S/C23H27N11O/c1-15-19(9-16(10-27-15)22(35)26-5-8-34-6-3-4-7-34)30-20-18-13-28-23(31-21(18)33(2)32-20)29-17-11-24-14-25-12-17/h9-14H,3-8H2,1-2H3,(H,26,35)(H,30,32)(H,28,29,31). The predicted molar refractivity (Wildman–Crippen MR) is 132 cm³/mol. The van der Waals surface area contributed by atoms with Crippen molar-refractivity contribution < 1.29 is 4.79 Å². The second-order valence-electron chi connectivity index (χ2n) is 8.44. The van der Waals surface area contributed by atoms with Gasteiger partial charge >= 0.3 is 0 Å². The van der Waals surface area contributed by atoms with Crippen LogP contribution in [0.5, 0.6) is 0 Å². The van der Waals surface area contributed by atoms with Gasteiger partial charge in [-0.3, -0.25) is 9.78 Å². The van der Waals surface area contributed by atoms with Crippen molar-refractivity contribution in [3.63, 3.8) is 0 Å². The minimum absolute atomic E-state index is 0.144. The SMILES string of the molecule is Cc1ncc(C(=O)NCCN2CCCC2)cc1Nc1nn(C)c2nc(Nc3cncnc3)ncc12. The fraction of sp³-hybridized carbons (Fsp3) is 0.348. The maximum absolute atomic E-state index is 12.7. The number of carbonyl (C=O) groups excluding carboxylic acids is 1. The number of hydrogen-bond acceptors (Lipinski definition) is 10. The first kappa shape index (κ1) is 22.6. The molecule has 12 heteroatoms.